The number of carbonyl (C=O) groups excluding carboxylic acids is 3. The number of aliphatic carboxylic acids is 1. The van der Waals surface area contributed by atoms with Crippen molar-refractivity contribution >= 4 is 23.5 Å². The molecule has 3 aliphatic carbocycles. The number of carboxylic acids is 1. The highest BCUT2D eigenvalue weighted by molar-refractivity contribution is 6.25. The van der Waals surface area contributed by atoms with Gasteiger partial charge < -0.3 is 14.6 Å². The van der Waals surface area contributed by atoms with Crippen LogP contribution in [0, 0.1) is 11.8 Å². The maximum absolute atomic E-state index is 14.0. The van der Waals surface area contributed by atoms with E-state index < -0.39 is 41.0 Å². The lowest BCUT2D eigenvalue weighted by Crippen LogP contribution is -2.61. The van der Waals surface area contributed by atoms with Crippen molar-refractivity contribution < 1.29 is 24.2 Å². The molecule has 3 aromatic rings. The average Bonchev–Trinajstić information content (AvgIpc) is 3.10. The molecule has 6 heteroatoms. The summed E-state index contributed by atoms with van der Waals surface area (Å²) < 4.78 is 5.69. The molecule has 164 valence electrons. The standard InChI is InChI=1S/C27H21NO5/c1-2-33-20-14-8-7-13-19(20)28-24(29)22-21-15-9-3-5-11-17(15)27(26(31)32,23(22)25(28)30)18-12-6-4-10-16(18)21/h3-14,21-23H,2H2,1H3,(H,31,32)/p-1/t21?,22-,23-,27?/m0/s1. The number of hydrogen-bond acceptors (Lipinski definition) is 5. The predicted molar refractivity (Wildman–Crippen MR) is 118 cm³/mol. The van der Waals surface area contributed by atoms with Gasteiger partial charge in [-0.15, -0.1) is 0 Å². The molecule has 0 unspecified atom stereocenters. The number of para-hydroxylation sites is 2. The van der Waals surface area contributed by atoms with Gasteiger partial charge in [-0.05, 0) is 41.3 Å². The number of rotatable bonds is 4. The molecule has 1 aliphatic heterocycles. The quantitative estimate of drug-likeness (QED) is 0.584. The van der Waals surface area contributed by atoms with Crippen LogP contribution in [0.3, 0.4) is 0 Å². The van der Waals surface area contributed by atoms with Gasteiger partial charge >= 0.3 is 0 Å². The molecule has 0 saturated carbocycles. The molecule has 4 aliphatic rings. The molecular formula is C27H20NO5-. The molecule has 7 rings (SSSR count). The van der Waals surface area contributed by atoms with Crippen molar-refractivity contribution in [3.63, 3.8) is 0 Å². The maximum Gasteiger partial charge on any atom is 0.239 e. The number of hydrogen-bond donors (Lipinski definition) is 0. The molecule has 0 N–H and O–H groups in total. The van der Waals surface area contributed by atoms with E-state index in [0.29, 0.717) is 29.2 Å². The number of benzene rings is 3. The van der Waals surface area contributed by atoms with Crippen LogP contribution in [0.15, 0.2) is 72.8 Å². The van der Waals surface area contributed by atoms with Crippen molar-refractivity contribution in [2.24, 2.45) is 11.8 Å². The molecule has 1 heterocycles. The number of ether oxygens (including phenoxy) is 1. The summed E-state index contributed by atoms with van der Waals surface area (Å²) in [6.45, 7) is 2.19. The van der Waals surface area contributed by atoms with Crippen molar-refractivity contribution in [3.8, 4) is 5.75 Å². The van der Waals surface area contributed by atoms with Crippen LogP contribution in [-0.2, 0) is 19.8 Å². The van der Waals surface area contributed by atoms with Crippen LogP contribution < -0.4 is 14.7 Å². The summed E-state index contributed by atoms with van der Waals surface area (Å²) in [5.74, 6) is -4.24. The van der Waals surface area contributed by atoms with E-state index in [2.05, 4.69) is 0 Å². The Labute approximate surface area is 190 Å². The second-order valence-electron chi connectivity index (χ2n) is 8.66. The van der Waals surface area contributed by atoms with Gasteiger partial charge in [-0.3, -0.25) is 9.59 Å². The van der Waals surface area contributed by atoms with E-state index in [0.717, 1.165) is 16.0 Å². The van der Waals surface area contributed by atoms with Gasteiger partial charge in [-0.2, -0.15) is 0 Å². The molecule has 2 atom stereocenters. The number of imide groups is 1. The van der Waals surface area contributed by atoms with Crippen LogP contribution in [0.4, 0.5) is 5.69 Å². The first kappa shape index (κ1) is 19.7. The van der Waals surface area contributed by atoms with E-state index in [4.69, 9.17) is 4.74 Å². The van der Waals surface area contributed by atoms with Crippen LogP contribution in [0.1, 0.15) is 35.1 Å². The van der Waals surface area contributed by atoms with Gasteiger partial charge in [0, 0.05) is 5.92 Å². The molecule has 2 bridgehead atoms. The Bertz CT molecular complexity index is 1300. The lowest BCUT2D eigenvalue weighted by Gasteiger charge is -2.54. The fraction of sp³-hybridized carbons (Fsp3) is 0.222. The summed E-state index contributed by atoms with van der Waals surface area (Å²) in [7, 11) is 0. The first-order chi connectivity index (χ1) is 16.0. The monoisotopic (exact) mass is 438 g/mol. The number of carbonyl (C=O) groups is 3. The SMILES string of the molecule is CCOc1ccccc1N1C(=O)[C@@H]2[C@@H](C1=O)C1c3ccccc3C2(C(=O)[O-])c2ccccc21. The summed E-state index contributed by atoms with van der Waals surface area (Å²) in [4.78, 5) is 42.1. The summed E-state index contributed by atoms with van der Waals surface area (Å²) in [6, 6.07) is 21.3. The Kier molecular flexibility index (Phi) is 4.06. The van der Waals surface area contributed by atoms with Crippen molar-refractivity contribution in [3.05, 3.63) is 95.1 Å². The van der Waals surface area contributed by atoms with E-state index in [1.54, 1.807) is 48.5 Å². The van der Waals surface area contributed by atoms with E-state index in [-0.39, 0.29) is 0 Å². The highest BCUT2D eigenvalue weighted by Gasteiger charge is 2.69. The zero-order valence-corrected chi connectivity index (χ0v) is 17.9. The highest BCUT2D eigenvalue weighted by atomic mass is 16.5. The summed E-state index contributed by atoms with van der Waals surface area (Å²) >= 11 is 0. The Hall–Kier alpha value is -3.93. The van der Waals surface area contributed by atoms with Gasteiger partial charge in [0.05, 0.1) is 35.5 Å². The Balaban J connectivity index is 1.64. The minimum Gasteiger partial charge on any atom is -0.549 e. The zero-order chi connectivity index (χ0) is 22.9. The maximum atomic E-state index is 14.0. The molecule has 33 heavy (non-hydrogen) atoms. The number of nitrogens with zero attached hydrogens (tertiary/aromatic N) is 1. The normalized spacial score (nSPS) is 26.6. The van der Waals surface area contributed by atoms with Gasteiger partial charge in [-0.25, -0.2) is 4.90 Å². The minimum atomic E-state index is -1.74. The van der Waals surface area contributed by atoms with Crippen LogP contribution in [0.2, 0.25) is 0 Å². The smallest absolute Gasteiger partial charge is 0.239 e. The first-order valence-electron chi connectivity index (χ1n) is 11.0. The van der Waals surface area contributed by atoms with E-state index in [1.807, 2.05) is 31.2 Å². The summed E-state index contributed by atoms with van der Waals surface area (Å²) in [5.41, 5.74) is 1.21. The third kappa shape index (κ3) is 2.25. The minimum absolute atomic E-state index is 0.338. The van der Waals surface area contributed by atoms with Crippen LogP contribution in [0.5, 0.6) is 5.75 Å². The Morgan fingerprint density at radius 2 is 1.48 bits per heavy atom. The van der Waals surface area contributed by atoms with Crippen molar-refractivity contribution in [1.29, 1.82) is 0 Å². The van der Waals surface area contributed by atoms with Crippen LogP contribution in [0.25, 0.3) is 0 Å². The number of carboxylic acid groups (broad SMARTS) is 1. The molecule has 1 saturated heterocycles. The topological polar surface area (TPSA) is 86.7 Å². The van der Waals surface area contributed by atoms with Crippen molar-refractivity contribution in [2.75, 3.05) is 11.5 Å². The van der Waals surface area contributed by atoms with Gasteiger partial charge in [-0.1, -0.05) is 60.7 Å². The summed E-state index contributed by atoms with van der Waals surface area (Å²) in [6.07, 6.45) is 0. The molecular weight excluding hydrogens is 418 g/mol. The van der Waals surface area contributed by atoms with Gasteiger partial charge in [0.15, 0.2) is 0 Å². The largest absolute Gasteiger partial charge is 0.549 e. The molecule has 0 spiro atoms. The molecule has 1 fully saturated rings. The molecule has 3 aromatic carbocycles. The fourth-order valence-corrected chi connectivity index (χ4v) is 6.28. The Morgan fingerprint density at radius 1 is 0.909 bits per heavy atom. The van der Waals surface area contributed by atoms with Gasteiger partial charge in [0.25, 0.3) is 0 Å². The summed E-state index contributed by atoms with van der Waals surface area (Å²) in [5, 5.41) is 13.0. The second-order valence-corrected chi connectivity index (χ2v) is 8.66. The molecule has 6 nitrogen and oxygen atoms in total. The van der Waals surface area contributed by atoms with E-state index >= 15 is 0 Å². The predicted octanol–water partition coefficient (Wildman–Crippen LogP) is 2.39. The fourth-order valence-electron chi connectivity index (χ4n) is 6.28. The second kappa shape index (κ2) is 6.78. The van der Waals surface area contributed by atoms with Crippen molar-refractivity contribution in [1.82, 2.24) is 0 Å². The lowest BCUT2D eigenvalue weighted by atomic mass is 9.47. The van der Waals surface area contributed by atoms with E-state index in [9.17, 15) is 19.5 Å². The third-order valence-corrected chi connectivity index (χ3v) is 7.35. The molecule has 0 aromatic heterocycles. The molecule has 0 radical (unpaired) electrons. The van der Waals surface area contributed by atoms with Crippen LogP contribution in [-0.4, -0.2) is 24.4 Å². The Morgan fingerprint density at radius 3 is 2.09 bits per heavy atom. The van der Waals surface area contributed by atoms with Gasteiger partial charge in [0.2, 0.25) is 11.8 Å². The number of anilines is 1. The third-order valence-electron chi connectivity index (χ3n) is 7.35. The van der Waals surface area contributed by atoms with Crippen molar-refractivity contribution in [2.45, 2.75) is 18.3 Å². The molecule has 2 amide bonds. The number of amides is 2. The zero-order valence-electron chi connectivity index (χ0n) is 17.9. The average molecular weight is 438 g/mol. The van der Waals surface area contributed by atoms with E-state index in [1.165, 1.54) is 0 Å². The lowest BCUT2D eigenvalue weighted by molar-refractivity contribution is -0.314. The van der Waals surface area contributed by atoms with Crippen LogP contribution >= 0.6 is 0 Å². The van der Waals surface area contributed by atoms with Gasteiger partial charge in [0.1, 0.15) is 5.75 Å². The first-order valence-corrected chi connectivity index (χ1v) is 11.0. The highest BCUT2D eigenvalue weighted by Crippen LogP contribution is 2.64.